The Labute approximate surface area is 273 Å². The standard InChI is InChI=1S/C40H22N4O4/c45-19-27-5-1-23(15-41-27)35-13-36(24-2-6-28(20-46)42-16-24)32-11-12-34-38(26-4-8-30(22-48)44-18-26)14-37(25-3-7-29(21-47)43-17-25)33-10-9-31(35)39(32)40(33)34/h1-22H. The van der Waals surface area contributed by atoms with Crippen molar-refractivity contribution in [1.82, 2.24) is 19.9 Å². The third kappa shape index (κ3) is 4.63. The van der Waals surface area contributed by atoms with Gasteiger partial charge >= 0.3 is 0 Å². The minimum atomic E-state index is 0.336. The summed E-state index contributed by atoms with van der Waals surface area (Å²) in [5.74, 6) is 0. The number of benzene rings is 4. The molecular formula is C40H22N4O4. The van der Waals surface area contributed by atoms with Crippen LogP contribution < -0.4 is 0 Å². The molecule has 0 amide bonds. The van der Waals surface area contributed by atoms with Gasteiger partial charge in [-0.3, -0.25) is 39.1 Å². The topological polar surface area (TPSA) is 120 Å². The van der Waals surface area contributed by atoms with Crippen LogP contribution in [0.4, 0.5) is 0 Å². The Kier molecular flexibility index (Phi) is 6.88. The van der Waals surface area contributed by atoms with Gasteiger partial charge in [0.05, 0.1) is 0 Å². The zero-order valence-corrected chi connectivity index (χ0v) is 25.1. The van der Waals surface area contributed by atoms with Gasteiger partial charge in [-0.05, 0) is 91.0 Å². The lowest BCUT2D eigenvalue weighted by Gasteiger charge is -2.21. The number of pyridine rings is 4. The van der Waals surface area contributed by atoms with Crippen molar-refractivity contribution in [3.8, 4) is 44.5 Å². The van der Waals surface area contributed by atoms with Gasteiger partial charge in [0.1, 0.15) is 22.8 Å². The van der Waals surface area contributed by atoms with Crippen LogP contribution in [0.3, 0.4) is 0 Å². The van der Waals surface area contributed by atoms with E-state index in [1.54, 1.807) is 49.1 Å². The summed E-state index contributed by atoms with van der Waals surface area (Å²) in [7, 11) is 0. The second kappa shape index (κ2) is 11.5. The molecule has 8 rings (SSSR count). The molecule has 0 unspecified atom stereocenters. The van der Waals surface area contributed by atoms with Gasteiger partial charge in [0.2, 0.25) is 0 Å². The average molecular weight is 623 g/mol. The fraction of sp³-hybridized carbons (Fsp3) is 0. The molecule has 226 valence electrons. The Morgan fingerprint density at radius 2 is 0.583 bits per heavy atom. The van der Waals surface area contributed by atoms with Crippen molar-refractivity contribution in [3.63, 3.8) is 0 Å². The van der Waals surface area contributed by atoms with Crippen molar-refractivity contribution >= 4 is 57.5 Å². The molecule has 48 heavy (non-hydrogen) atoms. The predicted molar refractivity (Wildman–Crippen MR) is 185 cm³/mol. The molecule has 0 atom stereocenters. The summed E-state index contributed by atoms with van der Waals surface area (Å²) in [6.07, 6.45) is 9.67. The summed E-state index contributed by atoms with van der Waals surface area (Å²) in [6, 6.07) is 26.9. The molecule has 8 aromatic rings. The molecule has 0 aliphatic heterocycles. The smallest absolute Gasteiger partial charge is 0.168 e. The Balaban J connectivity index is 1.53. The van der Waals surface area contributed by atoms with Gasteiger partial charge in [0, 0.05) is 47.0 Å². The van der Waals surface area contributed by atoms with Crippen molar-refractivity contribution in [2.75, 3.05) is 0 Å². The average Bonchev–Trinajstić information content (AvgIpc) is 3.16. The molecule has 4 aromatic carbocycles. The van der Waals surface area contributed by atoms with E-state index in [1.165, 1.54) is 0 Å². The van der Waals surface area contributed by atoms with Crippen molar-refractivity contribution in [1.29, 1.82) is 0 Å². The summed E-state index contributed by atoms with van der Waals surface area (Å²) in [6.45, 7) is 0. The van der Waals surface area contributed by atoms with E-state index in [1.807, 2.05) is 24.3 Å². The molecule has 0 spiro atoms. The van der Waals surface area contributed by atoms with E-state index >= 15 is 0 Å². The number of nitrogens with zero attached hydrogens (tertiary/aromatic N) is 4. The fourth-order valence-corrected chi connectivity index (χ4v) is 6.49. The van der Waals surface area contributed by atoms with Gasteiger partial charge in [-0.25, -0.2) is 0 Å². The van der Waals surface area contributed by atoms with Crippen LogP contribution in [0.15, 0.2) is 110 Å². The van der Waals surface area contributed by atoms with Crippen LogP contribution in [-0.4, -0.2) is 45.1 Å². The quantitative estimate of drug-likeness (QED) is 0.123. The summed E-state index contributed by atoms with van der Waals surface area (Å²) in [5.41, 5.74) is 8.33. The van der Waals surface area contributed by atoms with E-state index < -0.39 is 0 Å². The van der Waals surface area contributed by atoms with Crippen molar-refractivity contribution in [2.24, 2.45) is 0 Å². The second-order valence-corrected chi connectivity index (χ2v) is 11.4. The monoisotopic (exact) mass is 622 g/mol. The first-order valence-corrected chi connectivity index (χ1v) is 15.0. The van der Waals surface area contributed by atoms with E-state index in [0.29, 0.717) is 22.8 Å². The normalized spacial score (nSPS) is 11.2. The molecule has 0 radical (unpaired) electrons. The minimum Gasteiger partial charge on any atom is -0.296 e. The Bertz CT molecular complexity index is 2190. The maximum Gasteiger partial charge on any atom is 0.168 e. The molecule has 0 aliphatic rings. The molecule has 8 heteroatoms. The molecule has 0 fully saturated rings. The third-order valence-corrected chi connectivity index (χ3v) is 8.77. The molecule has 0 N–H and O–H groups in total. The molecule has 0 bridgehead atoms. The van der Waals surface area contributed by atoms with E-state index in [4.69, 9.17) is 0 Å². The van der Waals surface area contributed by atoms with Gasteiger partial charge in [-0.2, -0.15) is 0 Å². The van der Waals surface area contributed by atoms with Gasteiger partial charge in [-0.15, -0.1) is 0 Å². The van der Waals surface area contributed by atoms with Crippen LogP contribution in [0.2, 0.25) is 0 Å². The van der Waals surface area contributed by atoms with Gasteiger partial charge < -0.3 is 0 Å². The first-order valence-electron chi connectivity index (χ1n) is 15.0. The van der Waals surface area contributed by atoms with Crippen molar-refractivity contribution in [2.45, 2.75) is 0 Å². The number of carbonyl (C=O) groups is 4. The first kappa shape index (κ1) is 28.7. The molecule has 4 heterocycles. The van der Waals surface area contributed by atoms with E-state index in [-0.39, 0.29) is 0 Å². The first-order chi connectivity index (χ1) is 23.6. The Morgan fingerprint density at radius 1 is 0.333 bits per heavy atom. The largest absolute Gasteiger partial charge is 0.296 e. The molecule has 8 nitrogen and oxygen atoms in total. The highest BCUT2D eigenvalue weighted by Gasteiger charge is 2.21. The number of hydrogen-bond acceptors (Lipinski definition) is 8. The zero-order valence-electron chi connectivity index (χ0n) is 25.1. The summed E-state index contributed by atoms with van der Waals surface area (Å²) in [4.78, 5) is 63.1. The highest BCUT2D eigenvalue weighted by molar-refractivity contribution is 6.31. The SMILES string of the molecule is O=Cc1ccc(-c2cc(-c3ccc(C=O)nc3)c3ccc4c(-c5ccc(C=O)nc5)cc(-c5ccc(C=O)nc5)c5ccc2c3c54)cn1. The number of rotatable bonds is 8. The van der Waals surface area contributed by atoms with Crippen LogP contribution >= 0.6 is 0 Å². The number of aldehydes is 4. The van der Waals surface area contributed by atoms with Crippen molar-refractivity contribution in [3.05, 3.63) is 132 Å². The van der Waals surface area contributed by atoms with E-state index in [9.17, 15) is 19.2 Å². The number of carbonyl (C=O) groups excluding carboxylic acids is 4. The van der Waals surface area contributed by atoms with Gasteiger partial charge in [-0.1, -0.05) is 48.5 Å². The molecule has 0 saturated carbocycles. The lowest BCUT2D eigenvalue weighted by atomic mass is 9.82. The van der Waals surface area contributed by atoms with Crippen LogP contribution in [-0.2, 0) is 0 Å². The maximum absolute atomic E-state index is 11.4. The zero-order chi connectivity index (χ0) is 32.8. The van der Waals surface area contributed by atoms with Gasteiger partial charge in [0.25, 0.3) is 0 Å². The maximum atomic E-state index is 11.4. The molecule has 0 saturated heterocycles. The van der Waals surface area contributed by atoms with Crippen molar-refractivity contribution < 1.29 is 19.2 Å². The number of hydrogen-bond donors (Lipinski definition) is 0. The highest BCUT2D eigenvalue weighted by Crippen LogP contribution is 2.48. The van der Waals surface area contributed by atoms with Gasteiger partial charge in [0.15, 0.2) is 25.1 Å². The molecule has 4 aromatic heterocycles. The predicted octanol–water partition coefficient (Wildman–Crippen LogP) is 8.08. The molecular weight excluding hydrogens is 600 g/mol. The summed E-state index contributed by atoms with van der Waals surface area (Å²) >= 11 is 0. The highest BCUT2D eigenvalue weighted by atomic mass is 16.1. The molecule has 0 aliphatic carbocycles. The second-order valence-electron chi connectivity index (χ2n) is 11.4. The van der Waals surface area contributed by atoms with E-state index in [0.717, 1.165) is 102 Å². The Hall–Kier alpha value is -6.80. The van der Waals surface area contributed by atoms with E-state index in [2.05, 4.69) is 56.3 Å². The van der Waals surface area contributed by atoms with Crippen LogP contribution in [0.25, 0.3) is 76.8 Å². The third-order valence-electron chi connectivity index (χ3n) is 8.77. The summed E-state index contributed by atoms with van der Waals surface area (Å²) < 4.78 is 0. The number of aromatic nitrogens is 4. The van der Waals surface area contributed by atoms with Crippen LogP contribution in [0, 0.1) is 0 Å². The lowest BCUT2D eigenvalue weighted by Crippen LogP contribution is -1.96. The lowest BCUT2D eigenvalue weighted by molar-refractivity contribution is 0.111. The minimum absolute atomic E-state index is 0.336. The van der Waals surface area contributed by atoms with Crippen LogP contribution in [0.1, 0.15) is 42.0 Å². The summed E-state index contributed by atoms with van der Waals surface area (Å²) in [5, 5.41) is 5.95. The Morgan fingerprint density at radius 3 is 0.771 bits per heavy atom. The fourth-order valence-electron chi connectivity index (χ4n) is 6.49. The van der Waals surface area contributed by atoms with Crippen LogP contribution in [0.5, 0.6) is 0 Å².